The Balaban J connectivity index is 4.33. The molecule has 0 aliphatic heterocycles. The highest BCUT2D eigenvalue weighted by molar-refractivity contribution is 5.72. The Morgan fingerprint density at radius 3 is 2.44 bits per heavy atom. The first-order valence-electron chi connectivity index (χ1n) is 6.01. The van der Waals surface area contributed by atoms with Crippen LogP contribution in [0.4, 0.5) is 0 Å². The molecule has 96 valence electrons. The topological polar surface area (TPSA) is 49.8 Å². The van der Waals surface area contributed by atoms with Gasteiger partial charge in [0.2, 0.25) is 0 Å². The second-order valence-electron chi connectivity index (χ2n) is 4.17. The van der Waals surface area contributed by atoms with E-state index in [2.05, 4.69) is 11.8 Å². The first-order chi connectivity index (χ1) is 7.58. The van der Waals surface area contributed by atoms with Gasteiger partial charge in [0.25, 0.3) is 0 Å². The molecule has 0 aromatic rings. The van der Waals surface area contributed by atoms with Gasteiger partial charge in [0.1, 0.15) is 0 Å². The first kappa shape index (κ1) is 15.4. The van der Waals surface area contributed by atoms with Gasteiger partial charge in [-0.15, -0.1) is 0 Å². The van der Waals surface area contributed by atoms with Crippen LogP contribution in [0.5, 0.6) is 0 Å². The van der Waals surface area contributed by atoms with Crippen molar-refractivity contribution in [1.82, 2.24) is 4.90 Å². The fraction of sp³-hybridized carbons (Fsp3) is 0.917. The van der Waals surface area contributed by atoms with E-state index in [9.17, 15) is 4.79 Å². The van der Waals surface area contributed by atoms with Gasteiger partial charge in [-0.2, -0.15) is 0 Å². The van der Waals surface area contributed by atoms with E-state index in [-0.39, 0.29) is 24.5 Å². The van der Waals surface area contributed by atoms with Crippen molar-refractivity contribution in [1.29, 1.82) is 0 Å². The molecule has 0 amide bonds. The highest BCUT2D eigenvalue weighted by Gasteiger charge is 2.25. The lowest BCUT2D eigenvalue weighted by Gasteiger charge is -2.31. The van der Waals surface area contributed by atoms with Crippen molar-refractivity contribution in [3.63, 3.8) is 0 Å². The maximum Gasteiger partial charge on any atom is 0.309 e. The van der Waals surface area contributed by atoms with Gasteiger partial charge >= 0.3 is 5.97 Å². The highest BCUT2D eigenvalue weighted by Crippen LogP contribution is 2.13. The van der Waals surface area contributed by atoms with E-state index in [1.54, 1.807) is 0 Å². The number of rotatable bonds is 8. The molecule has 0 radical (unpaired) electrons. The van der Waals surface area contributed by atoms with Gasteiger partial charge in [0.05, 0.1) is 19.6 Å². The number of hydrogen-bond acceptors (Lipinski definition) is 4. The van der Waals surface area contributed by atoms with Crippen LogP contribution >= 0.6 is 0 Å². The molecular weight excluding hydrogens is 206 g/mol. The zero-order valence-corrected chi connectivity index (χ0v) is 10.9. The predicted octanol–water partition coefficient (Wildman–Crippen LogP) is 1.28. The maximum atomic E-state index is 11.4. The molecule has 0 saturated carbocycles. The zero-order valence-electron chi connectivity index (χ0n) is 10.9. The summed E-state index contributed by atoms with van der Waals surface area (Å²) in [7, 11) is 1.41. The zero-order chi connectivity index (χ0) is 12.6. The molecule has 0 rings (SSSR count). The monoisotopic (exact) mass is 231 g/mol. The van der Waals surface area contributed by atoms with Crippen molar-refractivity contribution in [2.45, 2.75) is 39.7 Å². The van der Waals surface area contributed by atoms with E-state index in [0.29, 0.717) is 6.54 Å². The molecule has 0 aromatic heterocycles. The Hall–Kier alpha value is -0.610. The third-order valence-corrected chi connectivity index (χ3v) is 3.06. The Morgan fingerprint density at radius 1 is 1.38 bits per heavy atom. The molecule has 2 atom stereocenters. The van der Waals surface area contributed by atoms with Gasteiger partial charge < -0.3 is 9.84 Å². The summed E-state index contributed by atoms with van der Waals surface area (Å²) < 4.78 is 4.74. The standard InChI is InChI=1S/C12H25NO3/c1-5-6-7-13(8-9-14)11(3)10(2)12(15)16-4/h10-11,14H,5-9H2,1-4H3. The fourth-order valence-corrected chi connectivity index (χ4v) is 1.71. The highest BCUT2D eigenvalue weighted by atomic mass is 16.5. The molecule has 0 heterocycles. The Morgan fingerprint density at radius 2 is 2.00 bits per heavy atom. The molecule has 1 N–H and O–H groups in total. The molecule has 0 bridgehead atoms. The van der Waals surface area contributed by atoms with Crippen molar-refractivity contribution in [2.75, 3.05) is 26.8 Å². The van der Waals surface area contributed by atoms with E-state index in [1.807, 2.05) is 13.8 Å². The lowest BCUT2D eigenvalue weighted by Crippen LogP contribution is -2.42. The summed E-state index contributed by atoms with van der Waals surface area (Å²) in [5.74, 6) is -0.347. The molecule has 2 unspecified atom stereocenters. The van der Waals surface area contributed by atoms with Crippen LogP contribution in [0.15, 0.2) is 0 Å². The summed E-state index contributed by atoms with van der Waals surface area (Å²) >= 11 is 0. The van der Waals surface area contributed by atoms with Crippen molar-refractivity contribution in [3.8, 4) is 0 Å². The van der Waals surface area contributed by atoms with Crippen molar-refractivity contribution < 1.29 is 14.6 Å². The molecule has 0 spiro atoms. The molecular formula is C12H25NO3. The van der Waals surface area contributed by atoms with E-state index < -0.39 is 0 Å². The minimum atomic E-state index is -0.188. The molecule has 0 aromatic carbocycles. The van der Waals surface area contributed by atoms with Gasteiger partial charge in [-0.3, -0.25) is 9.69 Å². The third kappa shape index (κ3) is 4.94. The summed E-state index contributed by atoms with van der Waals surface area (Å²) in [4.78, 5) is 13.6. The van der Waals surface area contributed by atoms with Crippen LogP contribution in [-0.2, 0) is 9.53 Å². The normalized spacial score (nSPS) is 14.9. The summed E-state index contributed by atoms with van der Waals surface area (Å²) in [6.07, 6.45) is 2.19. The summed E-state index contributed by atoms with van der Waals surface area (Å²) in [6.45, 7) is 7.66. The smallest absolute Gasteiger partial charge is 0.309 e. The molecule has 0 saturated heterocycles. The summed E-state index contributed by atoms with van der Waals surface area (Å²) in [5, 5.41) is 9.00. The molecule has 4 nitrogen and oxygen atoms in total. The number of carbonyl (C=O) groups is 1. The van der Waals surface area contributed by atoms with Crippen LogP contribution in [0.1, 0.15) is 33.6 Å². The van der Waals surface area contributed by atoms with Crippen molar-refractivity contribution >= 4 is 5.97 Å². The van der Waals surface area contributed by atoms with Crippen LogP contribution < -0.4 is 0 Å². The van der Waals surface area contributed by atoms with Crippen molar-refractivity contribution in [2.24, 2.45) is 5.92 Å². The SMILES string of the molecule is CCCCN(CCO)C(C)C(C)C(=O)OC. The van der Waals surface area contributed by atoms with Gasteiger partial charge in [0.15, 0.2) is 0 Å². The number of ether oxygens (including phenoxy) is 1. The van der Waals surface area contributed by atoms with Crippen LogP contribution in [0.2, 0.25) is 0 Å². The van der Waals surface area contributed by atoms with Gasteiger partial charge in [-0.05, 0) is 19.9 Å². The predicted molar refractivity (Wildman–Crippen MR) is 64.2 cm³/mol. The lowest BCUT2D eigenvalue weighted by molar-refractivity contribution is -0.147. The van der Waals surface area contributed by atoms with Crippen LogP contribution in [0.25, 0.3) is 0 Å². The Bertz CT molecular complexity index is 197. The summed E-state index contributed by atoms with van der Waals surface area (Å²) in [6, 6.07) is 0.103. The number of carbonyl (C=O) groups excluding carboxylic acids is 1. The first-order valence-corrected chi connectivity index (χ1v) is 6.01. The number of aliphatic hydroxyl groups is 1. The maximum absolute atomic E-state index is 11.4. The molecule has 0 aliphatic rings. The Labute approximate surface area is 98.6 Å². The second-order valence-corrected chi connectivity index (χ2v) is 4.17. The Kier molecular flexibility index (Phi) is 8.21. The average molecular weight is 231 g/mol. The molecule has 0 fully saturated rings. The molecule has 0 aliphatic carbocycles. The van der Waals surface area contributed by atoms with E-state index in [4.69, 9.17) is 9.84 Å². The van der Waals surface area contributed by atoms with Gasteiger partial charge in [-0.25, -0.2) is 0 Å². The number of unbranched alkanes of at least 4 members (excludes halogenated alkanes) is 1. The summed E-state index contributed by atoms with van der Waals surface area (Å²) in [5.41, 5.74) is 0. The van der Waals surface area contributed by atoms with E-state index in [0.717, 1.165) is 19.4 Å². The van der Waals surface area contributed by atoms with Crippen LogP contribution in [0, 0.1) is 5.92 Å². The number of aliphatic hydroxyl groups excluding tert-OH is 1. The minimum Gasteiger partial charge on any atom is -0.469 e. The van der Waals surface area contributed by atoms with E-state index >= 15 is 0 Å². The second kappa shape index (κ2) is 8.53. The minimum absolute atomic E-state index is 0.103. The van der Waals surface area contributed by atoms with Crippen molar-refractivity contribution in [3.05, 3.63) is 0 Å². The number of methoxy groups -OCH3 is 1. The van der Waals surface area contributed by atoms with Crippen LogP contribution in [-0.4, -0.2) is 48.8 Å². The number of nitrogens with zero attached hydrogens (tertiary/aromatic N) is 1. The average Bonchev–Trinajstić information content (AvgIpc) is 2.31. The third-order valence-electron chi connectivity index (χ3n) is 3.06. The van der Waals surface area contributed by atoms with Gasteiger partial charge in [-0.1, -0.05) is 20.3 Å². The quantitative estimate of drug-likeness (QED) is 0.639. The lowest BCUT2D eigenvalue weighted by atomic mass is 10.0. The largest absolute Gasteiger partial charge is 0.469 e. The number of esters is 1. The van der Waals surface area contributed by atoms with Gasteiger partial charge in [0, 0.05) is 12.6 Å². The van der Waals surface area contributed by atoms with Crippen LogP contribution in [0.3, 0.4) is 0 Å². The molecule has 4 heteroatoms. The fourth-order valence-electron chi connectivity index (χ4n) is 1.71. The van der Waals surface area contributed by atoms with E-state index in [1.165, 1.54) is 7.11 Å². The number of hydrogen-bond donors (Lipinski definition) is 1. The molecule has 16 heavy (non-hydrogen) atoms.